The third kappa shape index (κ3) is 9.64. The second-order valence-corrected chi connectivity index (χ2v) is 7.04. The molecule has 5 heteroatoms. The van der Waals surface area contributed by atoms with Crippen LogP contribution in [0.4, 0.5) is 4.79 Å². The lowest BCUT2D eigenvalue weighted by Gasteiger charge is -2.24. The highest BCUT2D eigenvalue weighted by Gasteiger charge is 2.20. The molecule has 0 fully saturated rings. The van der Waals surface area contributed by atoms with Crippen LogP contribution in [0, 0.1) is 6.92 Å². The van der Waals surface area contributed by atoms with Crippen LogP contribution in [0.2, 0.25) is 0 Å². The molecule has 148 valence electrons. The quantitative estimate of drug-likeness (QED) is 0.781. The Bertz CT molecular complexity index is 681. The number of carbonyl (C=O) groups is 1. The minimum atomic E-state index is -0.539. The molecule has 1 unspecified atom stereocenters. The monoisotopic (exact) mass is 372 g/mol. The third-order valence-electron chi connectivity index (χ3n) is 3.35. The molecule has 1 aromatic heterocycles. The van der Waals surface area contributed by atoms with E-state index in [0.29, 0.717) is 18.8 Å². The van der Waals surface area contributed by atoms with Crippen LogP contribution >= 0.6 is 0 Å². The molecule has 27 heavy (non-hydrogen) atoms. The van der Waals surface area contributed by atoms with Crippen molar-refractivity contribution < 1.29 is 14.3 Å². The van der Waals surface area contributed by atoms with Gasteiger partial charge in [-0.05, 0) is 51.3 Å². The van der Waals surface area contributed by atoms with E-state index in [9.17, 15) is 4.79 Å². The van der Waals surface area contributed by atoms with E-state index in [1.807, 2.05) is 77.9 Å². The predicted octanol–water partition coefficient (Wildman–Crippen LogP) is 4.93. The van der Waals surface area contributed by atoms with E-state index in [2.05, 4.69) is 10.3 Å². The maximum Gasteiger partial charge on any atom is 0.408 e. The van der Waals surface area contributed by atoms with Gasteiger partial charge in [-0.25, -0.2) is 4.79 Å². The average Bonchev–Trinajstić information content (AvgIpc) is 2.61. The molecule has 1 N–H and O–H groups in total. The Hall–Kier alpha value is -2.56. The van der Waals surface area contributed by atoms with Crippen LogP contribution in [0.3, 0.4) is 0 Å². The maximum absolute atomic E-state index is 12.1. The Labute approximate surface area is 163 Å². The summed E-state index contributed by atoms with van der Waals surface area (Å²) in [5.74, 6) is 0.684. The predicted molar refractivity (Wildman–Crippen MR) is 109 cm³/mol. The Kier molecular flexibility index (Phi) is 9.34. The molecular weight excluding hydrogens is 340 g/mol. The van der Waals surface area contributed by atoms with E-state index < -0.39 is 11.7 Å². The molecule has 2 aromatic rings. The van der Waals surface area contributed by atoms with Crippen molar-refractivity contribution in [3.05, 3.63) is 59.9 Å². The summed E-state index contributed by atoms with van der Waals surface area (Å²) in [5, 5.41) is 2.90. The molecule has 0 saturated carbocycles. The molecule has 1 aromatic carbocycles. The SMILES string of the molecule is CC.Cc1cncc(OCC(Cc2ccccc2)NC(=O)OC(C)(C)C)c1. The average molecular weight is 373 g/mol. The summed E-state index contributed by atoms with van der Waals surface area (Å²) in [5.41, 5.74) is 1.61. The van der Waals surface area contributed by atoms with Crippen molar-refractivity contribution in [2.24, 2.45) is 0 Å². The van der Waals surface area contributed by atoms with Gasteiger partial charge in [0.15, 0.2) is 0 Å². The summed E-state index contributed by atoms with van der Waals surface area (Å²) in [6.07, 6.45) is 3.64. The first-order valence-electron chi connectivity index (χ1n) is 9.40. The summed E-state index contributed by atoms with van der Waals surface area (Å²) in [6, 6.07) is 11.7. The van der Waals surface area contributed by atoms with E-state index in [-0.39, 0.29) is 6.04 Å². The normalized spacial score (nSPS) is 11.6. The number of pyridine rings is 1. The van der Waals surface area contributed by atoms with Crippen LogP contribution in [-0.4, -0.2) is 29.3 Å². The number of carbonyl (C=O) groups excluding carboxylic acids is 1. The highest BCUT2D eigenvalue weighted by Crippen LogP contribution is 2.13. The lowest BCUT2D eigenvalue weighted by molar-refractivity contribution is 0.0487. The fraction of sp³-hybridized carbons (Fsp3) is 0.455. The first-order valence-corrected chi connectivity index (χ1v) is 9.40. The number of aromatic nitrogens is 1. The van der Waals surface area contributed by atoms with Gasteiger partial charge in [-0.1, -0.05) is 44.2 Å². The van der Waals surface area contributed by atoms with Gasteiger partial charge in [0, 0.05) is 6.20 Å². The zero-order chi connectivity index (χ0) is 20.3. The summed E-state index contributed by atoms with van der Waals surface area (Å²) in [7, 11) is 0. The topological polar surface area (TPSA) is 60.5 Å². The van der Waals surface area contributed by atoms with E-state index in [0.717, 1.165) is 11.1 Å². The largest absolute Gasteiger partial charge is 0.490 e. The molecular formula is C22H32N2O3. The molecule has 2 rings (SSSR count). The van der Waals surface area contributed by atoms with Crippen LogP contribution in [0.25, 0.3) is 0 Å². The van der Waals surface area contributed by atoms with Crippen molar-refractivity contribution in [2.45, 2.75) is 59.6 Å². The zero-order valence-corrected chi connectivity index (χ0v) is 17.3. The summed E-state index contributed by atoms with van der Waals surface area (Å²) in [4.78, 5) is 16.2. The second-order valence-electron chi connectivity index (χ2n) is 7.04. The molecule has 5 nitrogen and oxygen atoms in total. The van der Waals surface area contributed by atoms with Crippen LogP contribution in [-0.2, 0) is 11.2 Å². The van der Waals surface area contributed by atoms with Crippen LogP contribution < -0.4 is 10.1 Å². The Morgan fingerprint density at radius 3 is 2.41 bits per heavy atom. The lowest BCUT2D eigenvalue weighted by atomic mass is 10.1. The van der Waals surface area contributed by atoms with Crippen LogP contribution in [0.1, 0.15) is 45.7 Å². The van der Waals surface area contributed by atoms with Gasteiger partial charge in [0.25, 0.3) is 0 Å². The molecule has 0 aliphatic rings. The zero-order valence-electron chi connectivity index (χ0n) is 17.3. The van der Waals surface area contributed by atoms with Gasteiger partial charge < -0.3 is 14.8 Å². The number of nitrogens with zero attached hydrogens (tertiary/aromatic N) is 1. The van der Waals surface area contributed by atoms with Crippen molar-refractivity contribution in [2.75, 3.05) is 6.61 Å². The number of amides is 1. The molecule has 0 saturated heterocycles. The van der Waals surface area contributed by atoms with E-state index in [1.54, 1.807) is 12.4 Å². The highest BCUT2D eigenvalue weighted by atomic mass is 16.6. The molecule has 1 heterocycles. The maximum atomic E-state index is 12.1. The van der Waals surface area contributed by atoms with Gasteiger partial charge in [0.1, 0.15) is 18.0 Å². The number of hydrogen-bond donors (Lipinski definition) is 1. The number of ether oxygens (including phenoxy) is 2. The summed E-state index contributed by atoms with van der Waals surface area (Å²) in [6.45, 7) is 11.8. The van der Waals surface area contributed by atoms with Gasteiger partial charge in [-0.3, -0.25) is 4.98 Å². The fourth-order valence-electron chi connectivity index (χ4n) is 2.33. The van der Waals surface area contributed by atoms with Crippen molar-refractivity contribution >= 4 is 6.09 Å². The second kappa shape index (κ2) is 11.2. The number of hydrogen-bond acceptors (Lipinski definition) is 4. The van der Waals surface area contributed by atoms with Crippen molar-refractivity contribution in [3.8, 4) is 5.75 Å². The van der Waals surface area contributed by atoms with Gasteiger partial charge >= 0.3 is 6.09 Å². The fourth-order valence-corrected chi connectivity index (χ4v) is 2.33. The van der Waals surface area contributed by atoms with Gasteiger partial charge in [0.2, 0.25) is 0 Å². The van der Waals surface area contributed by atoms with Gasteiger partial charge in [-0.15, -0.1) is 0 Å². The summed E-state index contributed by atoms with van der Waals surface area (Å²) < 4.78 is 11.2. The molecule has 1 amide bonds. The molecule has 0 bridgehead atoms. The Morgan fingerprint density at radius 2 is 1.81 bits per heavy atom. The van der Waals surface area contributed by atoms with E-state index in [4.69, 9.17) is 9.47 Å². The van der Waals surface area contributed by atoms with Crippen molar-refractivity contribution in [3.63, 3.8) is 0 Å². The van der Waals surface area contributed by atoms with Crippen molar-refractivity contribution in [1.29, 1.82) is 0 Å². The Balaban J connectivity index is 0.00000176. The molecule has 1 atom stereocenters. The van der Waals surface area contributed by atoms with Gasteiger partial charge in [-0.2, -0.15) is 0 Å². The molecule has 0 aliphatic heterocycles. The standard InChI is InChI=1S/C20H26N2O3.C2H6/c1-15-10-18(13-21-12-15)24-14-17(11-16-8-6-5-7-9-16)22-19(23)25-20(2,3)4;1-2/h5-10,12-13,17H,11,14H2,1-4H3,(H,22,23);1-2H3. The third-order valence-corrected chi connectivity index (χ3v) is 3.35. The number of alkyl carbamates (subject to hydrolysis) is 1. The number of benzene rings is 1. The minimum Gasteiger partial charge on any atom is -0.490 e. The summed E-state index contributed by atoms with van der Waals surface area (Å²) >= 11 is 0. The van der Waals surface area contributed by atoms with Crippen LogP contribution in [0.5, 0.6) is 5.75 Å². The van der Waals surface area contributed by atoms with Gasteiger partial charge in [0.05, 0.1) is 12.2 Å². The highest BCUT2D eigenvalue weighted by molar-refractivity contribution is 5.68. The first kappa shape index (κ1) is 22.5. The van der Waals surface area contributed by atoms with Crippen molar-refractivity contribution in [1.82, 2.24) is 10.3 Å². The Morgan fingerprint density at radius 1 is 1.15 bits per heavy atom. The number of rotatable bonds is 6. The van der Waals surface area contributed by atoms with E-state index in [1.165, 1.54) is 0 Å². The van der Waals surface area contributed by atoms with E-state index >= 15 is 0 Å². The number of aryl methyl sites for hydroxylation is 1. The smallest absolute Gasteiger partial charge is 0.408 e. The first-order chi connectivity index (χ1) is 12.8. The number of nitrogens with one attached hydrogen (secondary N) is 1. The minimum absolute atomic E-state index is 0.210. The lowest BCUT2D eigenvalue weighted by Crippen LogP contribution is -2.43. The molecule has 0 spiro atoms. The van der Waals surface area contributed by atoms with Crippen LogP contribution in [0.15, 0.2) is 48.8 Å². The molecule has 0 radical (unpaired) electrons. The molecule has 0 aliphatic carbocycles.